The third kappa shape index (κ3) is 7.07. The Bertz CT molecular complexity index is 1660. The van der Waals surface area contributed by atoms with E-state index in [0.717, 1.165) is 0 Å². The van der Waals surface area contributed by atoms with Gasteiger partial charge in [-0.15, -0.1) is 0 Å². The van der Waals surface area contributed by atoms with E-state index in [1.165, 1.54) is 72.8 Å². The number of esters is 1. The van der Waals surface area contributed by atoms with Gasteiger partial charge >= 0.3 is 11.9 Å². The smallest absolute Gasteiger partial charge is 0.344 e. The number of ether oxygens (including phenoxy) is 1. The predicted molar refractivity (Wildman–Crippen MR) is 142 cm³/mol. The van der Waals surface area contributed by atoms with Crippen LogP contribution >= 0.6 is 0 Å². The number of benzene rings is 4. The van der Waals surface area contributed by atoms with Crippen molar-refractivity contribution < 1.29 is 52.9 Å². The Morgan fingerprint density at radius 2 is 1.39 bits per heavy atom. The van der Waals surface area contributed by atoms with Crippen LogP contribution in [0.1, 0.15) is 37.4 Å². The summed E-state index contributed by atoms with van der Waals surface area (Å²) in [6.45, 7) is 1.50. The minimum atomic E-state index is -3.93. The maximum atomic E-state index is 13.1. The lowest BCUT2D eigenvalue weighted by Crippen LogP contribution is -2.14. The summed E-state index contributed by atoms with van der Waals surface area (Å²) in [5.74, 6) is -1.91. The Labute approximate surface area is 234 Å². The van der Waals surface area contributed by atoms with Crippen molar-refractivity contribution in [3.8, 4) is 17.2 Å². The molecule has 0 heterocycles. The van der Waals surface area contributed by atoms with Gasteiger partial charge in [0.25, 0.3) is 0 Å². The lowest BCUT2D eigenvalue weighted by Gasteiger charge is -2.10. The van der Waals surface area contributed by atoms with Crippen molar-refractivity contribution in [2.75, 3.05) is 0 Å². The number of sulfone groups is 1. The first kappa shape index (κ1) is 29.2. The number of carbonyl (C=O) groups excluding carboxylic acids is 1. The second-order valence-electron chi connectivity index (χ2n) is 8.76. The molecule has 4 rings (SSSR count). The number of aromatic carboxylic acids is 1. The molecule has 0 fully saturated rings. The summed E-state index contributed by atoms with van der Waals surface area (Å²) in [5.41, 5.74) is 1.41. The number of rotatable bonds is 11. The van der Waals surface area contributed by atoms with Gasteiger partial charge in [-0.2, -0.15) is 4.89 Å². The molecule has 0 bridgehead atoms. The molecule has 0 spiro atoms. The largest absolute Gasteiger partial charge is 0.508 e. The summed E-state index contributed by atoms with van der Waals surface area (Å²) >= 11 is 0. The third-order valence-electron chi connectivity index (χ3n) is 5.88. The van der Waals surface area contributed by atoms with E-state index < -0.39 is 21.8 Å². The minimum Gasteiger partial charge on any atom is -0.508 e. The first-order chi connectivity index (χ1) is 19.6. The predicted octanol–water partition coefficient (Wildman–Crippen LogP) is 4.95. The first-order valence-corrected chi connectivity index (χ1v) is 13.4. The van der Waals surface area contributed by atoms with Gasteiger partial charge in [0.05, 0.1) is 20.9 Å². The zero-order chi connectivity index (χ0) is 29.6. The van der Waals surface area contributed by atoms with Gasteiger partial charge in [-0.1, -0.05) is 17.7 Å². The van der Waals surface area contributed by atoms with Gasteiger partial charge in [0.1, 0.15) is 24.7 Å². The highest BCUT2D eigenvalue weighted by Crippen LogP contribution is 2.26. The summed E-state index contributed by atoms with van der Waals surface area (Å²) in [5, 5.41) is 27.6. The molecule has 0 atom stereocenters. The molecule has 212 valence electrons. The Hall–Kier alpha value is -4.75. The average Bonchev–Trinajstić information content (AvgIpc) is 2.94. The molecule has 0 unspecified atom stereocenters. The zero-order valence-electron chi connectivity index (χ0n) is 21.5. The standard InChI is InChI=1S/C29H24O11S/c1-18-2-13-26(28(31)32)27(14-18)29(33)39-22-5-9-24(10-6-22)41(35,36)25-11-7-23(8-12-25)40-38-17-19-3-4-21(30)15-20(19)16-37-34/h2-15,30,34H,16-17H2,1H3,(H,31,32). The molecule has 0 saturated carbocycles. The van der Waals surface area contributed by atoms with Crippen LogP contribution < -0.4 is 9.62 Å². The fourth-order valence-corrected chi connectivity index (χ4v) is 5.05. The van der Waals surface area contributed by atoms with Crippen molar-refractivity contribution in [2.24, 2.45) is 0 Å². The lowest BCUT2D eigenvalue weighted by atomic mass is 10.0. The molecule has 0 aromatic heterocycles. The van der Waals surface area contributed by atoms with Crippen LogP contribution in [0.15, 0.2) is 94.7 Å². The maximum absolute atomic E-state index is 13.1. The van der Waals surface area contributed by atoms with Crippen molar-refractivity contribution in [1.82, 2.24) is 0 Å². The highest BCUT2D eigenvalue weighted by Gasteiger charge is 2.21. The van der Waals surface area contributed by atoms with Gasteiger partial charge in [0.15, 0.2) is 5.75 Å². The Kier molecular flexibility index (Phi) is 9.00. The van der Waals surface area contributed by atoms with Gasteiger partial charge in [-0.3, -0.25) is 5.26 Å². The highest BCUT2D eigenvalue weighted by molar-refractivity contribution is 7.91. The summed E-state index contributed by atoms with van der Waals surface area (Å²) in [4.78, 5) is 38.5. The SMILES string of the molecule is Cc1ccc(C(=O)O)c(C(=O)Oc2ccc(S(=O)(=O)c3ccc(OOCc4ccc(O)cc4COO)cc3)cc2)c1. The topological polar surface area (TPSA) is 166 Å². The zero-order valence-corrected chi connectivity index (χ0v) is 22.3. The second-order valence-corrected chi connectivity index (χ2v) is 10.7. The van der Waals surface area contributed by atoms with E-state index in [9.17, 15) is 28.2 Å². The van der Waals surface area contributed by atoms with Gasteiger partial charge in [0.2, 0.25) is 9.84 Å². The molecule has 0 aliphatic rings. The number of carboxylic acid groups (broad SMARTS) is 1. The van der Waals surface area contributed by atoms with Crippen molar-refractivity contribution in [3.63, 3.8) is 0 Å². The van der Waals surface area contributed by atoms with E-state index >= 15 is 0 Å². The molecule has 12 heteroatoms. The molecular weight excluding hydrogens is 556 g/mol. The van der Waals surface area contributed by atoms with E-state index in [0.29, 0.717) is 16.7 Å². The number of phenols is 1. The first-order valence-electron chi connectivity index (χ1n) is 12.0. The average molecular weight is 581 g/mol. The fraction of sp³-hybridized carbons (Fsp3) is 0.103. The molecule has 41 heavy (non-hydrogen) atoms. The van der Waals surface area contributed by atoms with Crippen LogP contribution in [0.2, 0.25) is 0 Å². The summed E-state index contributed by atoms with van der Waals surface area (Å²) in [7, 11) is -3.93. The van der Waals surface area contributed by atoms with E-state index in [1.54, 1.807) is 19.1 Å². The molecule has 0 amide bonds. The number of hydrogen-bond donors (Lipinski definition) is 3. The molecular formula is C29H24O11S. The molecule has 4 aromatic carbocycles. The van der Waals surface area contributed by atoms with Gasteiger partial charge in [-0.25, -0.2) is 22.9 Å². The second kappa shape index (κ2) is 12.6. The summed E-state index contributed by atoms with van der Waals surface area (Å²) in [6.07, 6.45) is 0. The van der Waals surface area contributed by atoms with E-state index in [2.05, 4.69) is 4.89 Å². The maximum Gasteiger partial charge on any atom is 0.344 e. The number of carbonyl (C=O) groups is 2. The highest BCUT2D eigenvalue weighted by atomic mass is 32.2. The molecule has 3 N–H and O–H groups in total. The number of aromatic hydroxyl groups is 1. The number of carboxylic acids is 1. The van der Waals surface area contributed by atoms with E-state index in [1.807, 2.05) is 0 Å². The Morgan fingerprint density at radius 1 is 0.756 bits per heavy atom. The van der Waals surface area contributed by atoms with Crippen LogP contribution in [0.5, 0.6) is 17.2 Å². The van der Waals surface area contributed by atoms with E-state index in [4.69, 9.17) is 19.8 Å². The van der Waals surface area contributed by atoms with Crippen LogP contribution in [-0.4, -0.2) is 35.8 Å². The molecule has 0 radical (unpaired) electrons. The van der Waals surface area contributed by atoms with Crippen LogP contribution in [-0.2, 0) is 32.8 Å². The van der Waals surface area contributed by atoms with Crippen LogP contribution in [0.3, 0.4) is 0 Å². The quantitative estimate of drug-likeness (QED) is 0.0951. The molecule has 0 aliphatic heterocycles. The Balaban J connectivity index is 1.40. The Morgan fingerprint density at radius 3 is 2.00 bits per heavy atom. The van der Waals surface area contributed by atoms with Crippen molar-refractivity contribution >= 4 is 21.8 Å². The molecule has 4 aromatic rings. The minimum absolute atomic E-state index is 0.00856. The lowest BCUT2D eigenvalue weighted by molar-refractivity contribution is -0.253. The van der Waals surface area contributed by atoms with Crippen LogP contribution in [0, 0.1) is 6.92 Å². The van der Waals surface area contributed by atoms with Gasteiger partial charge < -0.3 is 19.8 Å². The number of hydrogen-bond acceptors (Lipinski definition) is 10. The van der Waals surface area contributed by atoms with Crippen molar-refractivity contribution in [3.05, 3.63) is 113 Å². The van der Waals surface area contributed by atoms with Gasteiger partial charge in [-0.05, 0) is 90.8 Å². The molecule has 0 saturated heterocycles. The van der Waals surface area contributed by atoms with Crippen LogP contribution in [0.4, 0.5) is 0 Å². The summed E-state index contributed by atoms with van der Waals surface area (Å²) < 4.78 is 31.4. The number of aryl methyl sites for hydroxylation is 1. The third-order valence-corrected chi connectivity index (χ3v) is 7.67. The van der Waals surface area contributed by atoms with Crippen molar-refractivity contribution in [1.29, 1.82) is 0 Å². The normalized spacial score (nSPS) is 11.2. The molecule has 11 nitrogen and oxygen atoms in total. The van der Waals surface area contributed by atoms with Crippen LogP contribution in [0.25, 0.3) is 0 Å². The van der Waals surface area contributed by atoms with Gasteiger partial charge in [0, 0.05) is 0 Å². The summed E-state index contributed by atoms with van der Waals surface area (Å²) in [6, 6.07) is 19.3. The monoisotopic (exact) mass is 580 g/mol. The number of phenolic OH excluding ortho intramolecular Hbond substituents is 1. The van der Waals surface area contributed by atoms with Crippen molar-refractivity contribution in [2.45, 2.75) is 29.9 Å². The fourth-order valence-electron chi connectivity index (χ4n) is 3.79. The molecule has 0 aliphatic carbocycles. The van der Waals surface area contributed by atoms with E-state index in [-0.39, 0.29) is 51.4 Å².